The quantitative estimate of drug-likeness (QED) is 0.701. The summed E-state index contributed by atoms with van der Waals surface area (Å²) < 4.78 is 5.39. The van der Waals surface area contributed by atoms with Crippen LogP contribution in [-0.2, 0) is 17.1 Å². The van der Waals surface area contributed by atoms with Crippen LogP contribution in [-0.4, -0.2) is 18.3 Å². The Balaban J connectivity index is 1.70. The zero-order valence-corrected chi connectivity index (χ0v) is 15.7. The third-order valence-corrected chi connectivity index (χ3v) is 4.95. The van der Waals surface area contributed by atoms with Gasteiger partial charge in [-0.05, 0) is 42.3 Å². The maximum absolute atomic E-state index is 11.9. The standard InChI is InChI=1S/C18H19Cl2NO2S/c1-2-23-15-6-3-13(4-7-15)10-21-18(22)12-24-11-14-5-8-16(19)17(20)9-14/h3-9H,2,10-12H2,1H3,(H,21,22). The van der Waals surface area contributed by atoms with Gasteiger partial charge in [-0.15, -0.1) is 11.8 Å². The van der Waals surface area contributed by atoms with E-state index in [2.05, 4.69) is 5.32 Å². The lowest BCUT2D eigenvalue weighted by atomic mass is 10.2. The maximum atomic E-state index is 11.9. The molecule has 0 bridgehead atoms. The summed E-state index contributed by atoms with van der Waals surface area (Å²) in [6.07, 6.45) is 0. The van der Waals surface area contributed by atoms with E-state index in [4.69, 9.17) is 27.9 Å². The fourth-order valence-electron chi connectivity index (χ4n) is 2.01. The summed E-state index contributed by atoms with van der Waals surface area (Å²) in [5.74, 6) is 1.96. The first-order valence-electron chi connectivity index (χ1n) is 7.58. The average Bonchev–Trinajstić information content (AvgIpc) is 2.58. The summed E-state index contributed by atoms with van der Waals surface area (Å²) in [6.45, 7) is 3.11. The molecule has 0 unspecified atom stereocenters. The van der Waals surface area contributed by atoms with Gasteiger partial charge in [-0.2, -0.15) is 0 Å². The Morgan fingerprint density at radius 2 is 1.79 bits per heavy atom. The highest BCUT2D eigenvalue weighted by molar-refractivity contribution is 7.99. The number of ether oxygens (including phenoxy) is 1. The predicted molar refractivity (Wildman–Crippen MR) is 102 cm³/mol. The van der Waals surface area contributed by atoms with Crippen LogP contribution < -0.4 is 10.1 Å². The minimum absolute atomic E-state index is 0.00828. The Hall–Kier alpha value is -1.36. The highest BCUT2D eigenvalue weighted by atomic mass is 35.5. The predicted octanol–water partition coefficient (Wildman–Crippen LogP) is 4.94. The number of thioether (sulfide) groups is 1. The summed E-state index contributed by atoms with van der Waals surface area (Å²) in [5.41, 5.74) is 2.09. The van der Waals surface area contributed by atoms with Crippen LogP contribution in [0.2, 0.25) is 10.0 Å². The van der Waals surface area contributed by atoms with Crippen molar-refractivity contribution in [2.45, 2.75) is 19.2 Å². The molecule has 0 saturated carbocycles. The van der Waals surface area contributed by atoms with Gasteiger partial charge >= 0.3 is 0 Å². The molecule has 2 rings (SSSR count). The first-order chi connectivity index (χ1) is 11.6. The zero-order valence-electron chi connectivity index (χ0n) is 13.4. The van der Waals surface area contributed by atoms with Crippen molar-refractivity contribution < 1.29 is 9.53 Å². The molecule has 1 amide bonds. The number of benzene rings is 2. The van der Waals surface area contributed by atoms with Crippen LogP contribution in [0.4, 0.5) is 0 Å². The van der Waals surface area contributed by atoms with Crippen molar-refractivity contribution in [3.05, 3.63) is 63.6 Å². The molecule has 6 heteroatoms. The Morgan fingerprint density at radius 3 is 2.46 bits per heavy atom. The summed E-state index contributed by atoms with van der Waals surface area (Å²) in [7, 11) is 0. The molecule has 1 N–H and O–H groups in total. The summed E-state index contributed by atoms with van der Waals surface area (Å²) in [4.78, 5) is 11.9. The fourth-order valence-corrected chi connectivity index (χ4v) is 3.14. The van der Waals surface area contributed by atoms with Crippen LogP contribution in [0.3, 0.4) is 0 Å². The molecule has 3 nitrogen and oxygen atoms in total. The van der Waals surface area contributed by atoms with Crippen LogP contribution in [0.1, 0.15) is 18.1 Å². The van der Waals surface area contributed by atoms with Gasteiger partial charge in [0.25, 0.3) is 0 Å². The Bertz CT molecular complexity index is 677. The van der Waals surface area contributed by atoms with Gasteiger partial charge in [0.1, 0.15) is 5.75 Å². The van der Waals surface area contributed by atoms with Crippen LogP contribution in [0, 0.1) is 0 Å². The molecular formula is C18H19Cl2NO2S. The summed E-state index contributed by atoms with van der Waals surface area (Å²) in [6, 6.07) is 13.2. The van der Waals surface area contributed by atoms with Crippen molar-refractivity contribution in [1.29, 1.82) is 0 Å². The van der Waals surface area contributed by atoms with Crippen molar-refractivity contribution in [2.75, 3.05) is 12.4 Å². The molecule has 0 aliphatic carbocycles. The van der Waals surface area contributed by atoms with Crippen LogP contribution in [0.5, 0.6) is 5.75 Å². The minimum Gasteiger partial charge on any atom is -0.494 e. The molecule has 0 spiro atoms. The van der Waals surface area contributed by atoms with E-state index in [9.17, 15) is 4.79 Å². The van der Waals surface area contributed by atoms with E-state index in [0.717, 1.165) is 16.9 Å². The molecule has 0 aliphatic rings. The third kappa shape index (κ3) is 6.27. The van der Waals surface area contributed by atoms with Gasteiger partial charge in [-0.25, -0.2) is 0 Å². The second-order valence-electron chi connectivity index (χ2n) is 5.09. The van der Waals surface area contributed by atoms with E-state index >= 15 is 0 Å². The summed E-state index contributed by atoms with van der Waals surface area (Å²) in [5, 5.41) is 3.99. The van der Waals surface area contributed by atoms with E-state index in [1.54, 1.807) is 6.07 Å². The van der Waals surface area contributed by atoms with Crippen molar-refractivity contribution in [2.24, 2.45) is 0 Å². The number of amides is 1. The Morgan fingerprint density at radius 1 is 1.08 bits per heavy atom. The smallest absolute Gasteiger partial charge is 0.230 e. The monoisotopic (exact) mass is 383 g/mol. The van der Waals surface area contributed by atoms with E-state index < -0.39 is 0 Å². The lowest BCUT2D eigenvalue weighted by molar-refractivity contribution is -0.118. The Kier molecular flexibility index (Phi) is 7.76. The highest BCUT2D eigenvalue weighted by Gasteiger charge is 2.04. The number of carbonyl (C=O) groups excluding carboxylic acids is 1. The van der Waals surface area contributed by atoms with Gasteiger partial charge in [0, 0.05) is 12.3 Å². The van der Waals surface area contributed by atoms with Crippen molar-refractivity contribution in [3.63, 3.8) is 0 Å². The van der Waals surface area contributed by atoms with E-state index in [0.29, 0.717) is 34.7 Å². The molecule has 0 radical (unpaired) electrons. The van der Waals surface area contributed by atoms with E-state index in [1.165, 1.54) is 11.8 Å². The lowest BCUT2D eigenvalue weighted by Gasteiger charge is -2.07. The topological polar surface area (TPSA) is 38.3 Å². The molecule has 24 heavy (non-hydrogen) atoms. The molecule has 0 heterocycles. The number of carbonyl (C=O) groups is 1. The van der Waals surface area contributed by atoms with Gasteiger partial charge in [-0.3, -0.25) is 4.79 Å². The van der Waals surface area contributed by atoms with E-state index in [1.807, 2.05) is 43.3 Å². The molecule has 0 aliphatic heterocycles. The fraction of sp³-hybridized carbons (Fsp3) is 0.278. The van der Waals surface area contributed by atoms with Crippen LogP contribution in [0.25, 0.3) is 0 Å². The Labute approximate surface area is 156 Å². The number of halogens is 2. The van der Waals surface area contributed by atoms with Gasteiger partial charge in [0.2, 0.25) is 5.91 Å². The highest BCUT2D eigenvalue weighted by Crippen LogP contribution is 2.24. The third-order valence-electron chi connectivity index (χ3n) is 3.21. The van der Waals surface area contributed by atoms with Crippen molar-refractivity contribution >= 4 is 40.9 Å². The number of rotatable bonds is 8. The molecule has 128 valence electrons. The van der Waals surface area contributed by atoms with Gasteiger partial charge in [0.15, 0.2) is 0 Å². The number of hydrogen-bond acceptors (Lipinski definition) is 3. The van der Waals surface area contributed by atoms with Crippen molar-refractivity contribution in [3.8, 4) is 5.75 Å². The first kappa shape index (κ1) is 19.0. The molecule has 0 saturated heterocycles. The number of nitrogens with one attached hydrogen (secondary N) is 1. The largest absolute Gasteiger partial charge is 0.494 e. The molecule has 0 atom stereocenters. The summed E-state index contributed by atoms with van der Waals surface area (Å²) >= 11 is 13.4. The zero-order chi connectivity index (χ0) is 17.4. The van der Waals surface area contributed by atoms with Gasteiger partial charge in [0.05, 0.1) is 22.4 Å². The lowest BCUT2D eigenvalue weighted by Crippen LogP contribution is -2.24. The minimum atomic E-state index is 0.00828. The van der Waals surface area contributed by atoms with Crippen LogP contribution >= 0.6 is 35.0 Å². The van der Waals surface area contributed by atoms with E-state index in [-0.39, 0.29) is 5.91 Å². The molecule has 2 aromatic carbocycles. The second kappa shape index (κ2) is 9.82. The second-order valence-corrected chi connectivity index (χ2v) is 6.89. The normalized spacial score (nSPS) is 10.5. The molecular weight excluding hydrogens is 365 g/mol. The molecule has 0 aromatic heterocycles. The average molecular weight is 384 g/mol. The van der Waals surface area contributed by atoms with Gasteiger partial charge < -0.3 is 10.1 Å². The van der Waals surface area contributed by atoms with Crippen LogP contribution in [0.15, 0.2) is 42.5 Å². The number of hydrogen-bond donors (Lipinski definition) is 1. The molecule has 0 fully saturated rings. The maximum Gasteiger partial charge on any atom is 0.230 e. The first-order valence-corrected chi connectivity index (χ1v) is 9.49. The molecule has 2 aromatic rings. The SMILES string of the molecule is CCOc1ccc(CNC(=O)CSCc2ccc(Cl)c(Cl)c2)cc1. The van der Waals surface area contributed by atoms with Crippen molar-refractivity contribution in [1.82, 2.24) is 5.32 Å². The van der Waals surface area contributed by atoms with Gasteiger partial charge in [-0.1, -0.05) is 41.4 Å².